The number of hydrazone groups is 1. The maximum Gasteiger partial charge on any atom is 0.269 e. The molecule has 1 atom stereocenters. The number of halogens is 1. The topological polar surface area (TPSA) is 71.6 Å². The molecule has 32 heavy (non-hydrogen) atoms. The molecular formula is C23H17FN4O2S2. The van der Waals surface area contributed by atoms with Crippen LogP contribution in [0.1, 0.15) is 27.8 Å². The van der Waals surface area contributed by atoms with E-state index in [2.05, 4.69) is 19.1 Å². The summed E-state index contributed by atoms with van der Waals surface area (Å²) in [7, 11) is 0. The van der Waals surface area contributed by atoms with Crippen molar-refractivity contribution in [3.63, 3.8) is 0 Å². The summed E-state index contributed by atoms with van der Waals surface area (Å²) in [5.74, 6) is -0.275. The zero-order chi connectivity index (χ0) is 22.2. The summed E-state index contributed by atoms with van der Waals surface area (Å²) in [4.78, 5) is 17.6. The fourth-order valence-electron chi connectivity index (χ4n) is 3.63. The lowest BCUT2D eigenvalue weighted by molar-refractivity contribution is -0.384. The monoisotopic (exact) mass is 464 g/mol. The molecule has 0 fully saturated rings. The molecule has 4 aromatic rings. The van der Waals surface area contributed by atoms with Crippen LogP contribution in [0.5, 0.6) is 0 Å². The molecule has 0 aliphatic carbocycles. The summed E-state index contributed by atoms with van der Waals surface area (Å²) in [6.45, 7) is 2.07. The largest absolute Gasteiger partial charge is 0.269 e. The lowest BCUT2D eigenvalue weighted by atomic mass is 10.0. The van der Waals surface area contributed by atoms with E-state index in [1.807, 2.05) is 10.4 Å². The lowest BCUT2D eigenvalue weighted by Gasteiger charge is -2.21. The van der Waals surface area contributed by atoms with E-state index in [1.165, 1.54) is 40.5 Å². The van der Waals surface area contributed by atoms with E-state index in [0.717, 1.165) is 32.5 Å². The van der Waals surface area contributed by atoms with Crippen molar-refractivity contribution < 1.29 is 9.31 Å². The number of aromatic nitrogens is 1. The van der Waals surface area contributed by atoms with Gasteiger partial charge in [0.15, 0.2) is 0 Å². The maximum absolute atomic E-state index is 13.5. The molecule has 5 rings (SSSR count). The molecule has 2 aromatic carbocycles. The molecular weight excluding hydrogens is 447 g/mol. The second kappa shape index (κ2) is 8.25. The van der Waals surface area contributed by atoms with E-state index in [9.17, 15) is 14.5 Å². The summed E-state index contributed by atoms with van der Waals surface area (Å²) >= 11 is 3.16. The SMILES string of the molecule is Cc1ccc(C2=NN(c3nc(-c4ccc([N+](=O)[O-])cc4)cs3)C(c3ccc(F)cc3)C2)s1. The average molecular weight is 465 g/mol. The average Bonchev–Trinajstić information content (AvgIpc) is 3.53. The molecule has 0 bridgehead atoms. The van der Waals surface area contributed by atoms with Gasteiger partial charge in [-0.2, -0.15) is 5.10 Å². The number of aryl methyl sites for hydroxylation is 1. The first kappa shape index (κ1) is 20.5. The third-order valence-corrected chi connectivity index (χ3v) is 7.13. The summed E-state index contributed by atoms with van der Waals surface area (Å²) < 4.78 is 13.5. The normalized spacial score (nSPS) is 15.8. The number of nitro groups is 1. The number of thiazole rings is 1. The van der Waals surface area contributed by atoms with Crippen LogP contribution in [0.4, 0.5) is 15.2 Å². The molecule has 1 aliphatic heterocycles. The van der Waals surface area contributed by atoms with Gasteiger partial charge in [-0.05, 0) is 48.9 Å². The van der Waals surface area contributed by atoms with Crippen molar-refractivity contribution in [2.24, 2.45) is 5.10 Å². The highest BCUT2D eigenvalue weighted by Gasteiger charge is 2.32. The van der Waals surface area contributed by atoms with Crippen LogP contribution >= 0.6 is 22.7 Å². The Balaban J connectivity index is 1.50. The van der Waals surface area contributed by atoms with Crippen LogP contribution in [0, 0.1) is 22.9 Å². The predicted molar refractivity (Wildman–Crippen MR) is 126 cm³/mol. The van der Waals surface area contributed by atoms with Crippen molar-refractivity contribution in [1.29, 1.82) is 0 Å². The van der Waals surface area contributed by atoms with Gasteiger partial charge in [-0.15, -0.1) is 22.7 Å². The molecule has 3 heterocycles. The van der Waals surface area contributed by atoms with Gasteiger partial charge in [-0.1, -0.05) is 12.1 Å². The smallest absolute Gasteiger partial charge is 0.258 e. The molecule has 0 spiro atoms. The van der Waals surface area contributed by atoms with Crippen LogP contribution in [-0.4, -0.2) is 15.6 Å². The van der Waals surface area contributed by atoms with Gasteiger partial charge in [0.05, 0.1) is 27.2 Å². The van der Waals surface area contributed by atoms with E-state index in [-0.39, 0.29) is 17.5 Å². The molecule has 6 nitrogen and oxygen atoms in total. The fourth-order valence-corrected chi connectivity index (χ4v) is 5.32. The Morgan fingerprint density at radius 3 is 2.50 bits per heavy atom. The van der Waals surface area contributed by atoms with Crippen molar-refractivity contribution in [3.8, 4) is 11.3 Å². The van der Waals surface area contributed by atoms with Gasteiger partial charge in [-0.3, -0.25) is 10.1 Å². The van der Waals surface area contributed by atoms with E-state index in [1.54, 1.807) is 35.6 Å². The Morgan fingerprint density at radius 1 is 1.09 bits per heavy atom. The highest BCUT2D eigenvalue weighted by atomic mass is 32.1. The van der Waals surface area contributed by atoms with Crippen LogP contribution in [-0.2, 0) is 0 Å². The molecule has 0 N–H and O–H groups in total. The Labute approximate surface area is 191 Å². The molecule has 160 valence electrons. The third-order valence-electron chi connectivity index (χ3n) is 5.25. The number of benzene rings is 2. The number of hydrogen-bond acceptors (Lipinski definition) is 7. The molecule has 1 unspecified atom stereocenters. The quantitative estimate of drug-likeness (QED) is 0.247. The number of nitro benzene ring substituents is 1. The highest BCUT2D eigenvalue weighted by Crippen LogP contribution is 2.40. The number of hydrogen-bond donors (Lipinski definition) is 0. The zero-order valence-corrected chi connectivity index (χ0v) is 18.6. The van der Waals surface area contributed by atoms with Crippen LogP contribution in [0.3, 0.4) is 0 Å². The van der Waals surface area contributed by atoms with Crippen molar-refractivity contribution in [2.45, 2.75) is 19.4 Å². The van der Waals surface area contributed by atoms with E-state index < -0.39 is 4.92 Å². The van der Waals surface area contributed by atoms with E-state index >= 15 is 0 Å². The first-order valence-corrected chi connectivity index (χ1v) is 11.6. The van der Waals surface area contributed by atoms with Crippen LogP contribution in [0.25, 0.3) is 11.3 Å². The third kappa shape index (κ3) is 3.92. The molecule has 0 radical (unpaired) electrons. The first-order valence-electron chi connectivity index (χ1n) is 9.87. The van der Waals surface area contributed by atoms with Crippen LogP contribution in [0.15, 0.2) is 71.1 Å². The summed E-state index contributed by atoms with van der Waals surface area (Å²) in [5, 5.41) is 20.3. The molecule has 0 saturated carbocycles. The second-order valence-corrected chi connectivity index (χ2v) is 9.52. The Bertz CT molecular complexity index is 1310. The number of rotatable bonds is 5. The Morgan fingerprint density at radius 2 is 1.84 bits per heavy atom. The maximum atomic E-state index is 13.5. The first-order chi connectivity index (χ1) is 15.5. The second-order valence-electron chi connectivity index (χ2n) is 7.39. The van der Waals surface area contributed by atoms with Crippen molar-refractivity contribution in [3.05, 3.63) is 97.3 Å². The van der Waals surface area contributed by atoms with Crippen molar-refractivity contribution >= 4 is 39.2 Å². The number of nitrogens with zero attached hydrogens (tertiary/aromatic N) is 4. The van der Waals surface area contributed by atoms with Crippen LogP contribution < -0.4 is 5.01 Å². The highest BCUT2D eigenvalue weighted by molar-refractivity contribution is 7.14. The van der Waals surface area contributed by atoms with Gasteiger partial charge in [0, 0.05) is 34.4 Å². The van der Waals surface area contributed by atoms with Gasteiger partial charge in [0.2, 0.25) is 5.13 Å². The fraction of sp³-hybridized carbons (Fsp3) is 0.130. The Kier molecular flexibility index (Phi) is 5.28. The van der Waals surface area contributed by atoms with Gasteiger partial charge in [-0.25, -0.2) is 14.4 Å². The molecule has 0 saturated heterocycles. The summed E-state index contributed by atoms with van der Waals surface area (Å²) in [5.41, 5.74) is 3.51. The van der Waals surface area contributed by atoms with E-state index in [0.29, 0.717) is 6.42 Å². The standard InChI is InChI=1S/C23H17FN4O2S2/c1-14-2-11-22(32-14)19-12-21(16-3-7-17(24)8-4-16)27(26-19)23-25-20(13-31-23)15-5-9-18(10-6-15)28(29)30/h2-11,13,21H,12H2,1H3. The minimum absolute atomic E-state index is 0.0422. The van der Waals surface area contributed by atoms with Crippen LogP contribution in [0.2, 0.25) is 0 Å². The Hall–Kier alpha value is -3.43. The number of non-ortho nitro benzene ring substituents is 1. The van der Waals surface area contributed by atoms with Gasteiger partial charge >= 0.3 is 0 Å². The van der Waals surface area contributed by atoms with Crippen molar-refractivity contribution in [1.82, 2.24) is 4.98 Å². The molecule has 1 aliphatic rings. The summed E-state index contributed by atoms with van der Waals surface area (Å²) in [6.07, 6.45) is 0.692. The van der Waals surface area contributed by atoms with Gasteiger partial charge in [0.1, 0.15) is 5.82 Å². The number of thiophene rings is 1. The molecule has 9 heteroatoms. The van der Waals surface area contributed by atoms with E-state index in [4.69, 9.17) is 10.1 Å². The number of anilines is 1. The zero-order valence-electron chi connectivity index (χ0n) is 16.9. The van der Waals surface area contributed by atoms with Gasteiger partial charge < -0.3 is 0 Å². The predicted octanol–water partition coefficient (Wildman–Crippen LogP) is 6.58. The van der Waals surface area contributed by atoms with Gasteiger partial charge in [0.25, 0.3) is 5.69 Å². The lowest BCUT2D eigenvalue weighted by Crippen LogP contribution is -2.18. The molecule has 2 aromatic heterocycles. The molecule has 0 amide bonds. The minimum atomic E-state index is -0.420. The van der Waals surface area contributed by atoms with Crippen molar-refractivity contribution in [2.75, 3.05) is 5.01 Å². The summed E-state index contributed by atoms with van der Waals surface area (Å²) in [6, 6.07) is 16.9. The minimum Gasteiger partial charge on any atom is -0.258 e.